The van der Waals surface area contributed by atoms with E-state index in [-0.39, 0.29) is 6.61 Å². The van der Waals surface area contributed by atoms with Crippen molar-refractivity contribution in [3.63, 3.8) is 0 Å². The van der Waals surface area contributed by atoms with E-state index in [1.807, 2.05) is 12.1 Å². The minimum atomic E-state index is 0.0102. The molecule has 0 saturated carbocycles. The lowest BCUT2D eigenvalue weighted by Crippen LogP contribution is -1.93. The van der Waals surface area contributed by atoms with E-state index in [0.717, 1.165) is 10.3 Å². The first-order valence-electron chi connectivity index (χ1n) is 3.79. The van der Waals surface area contributed by atoms with Crippen LogP contribution in [0.3, 0.4) is 0 Å². The van der Waals surface area contributed by atoms with E-state index in [4.69, 9.17) is 10.8 Å². The van der Waals surface area contributed by atoms with E-state index in [1.54, 1.807) is 11.3 Å². The molecule has 13 heavy (non-hydrogen) atoms. The van der Waals surface area contributed by atoms with E-state index in [0.29, 0.717) is 5.69 Å². The van der Waals surface area contributed by atoms with Crippen LogP contribution in [0.5, 0.6) is 0 Å². The molecule has 0 aliphatic rings. The Morgan fingerprint density at radius 3 is 2.92 bits per heavy atom. The molecule has 1 aromatic heterocycles. The summed E-state index contributed by atoms with van der Waals surface area (Å²) < 4.78 is 2.30. The highest BCUT2D eigenvalue weighted by Crippen LogP contribution is 2.33. The summed E-state index contributed by atoms with van der Waals surface area (Å²) in [5.41, 5.74) is 7.42. The van der Waals surface area contributed by atoms with Gasteiger partial charge in [-0.1, -0.05) is 12.1 Å². The van der Waals surface area contributed by atoms with Gasteiger partial charge in [-0.25, -0.2) is 0 Å². The number of benzene rings is 1. The van der Waals surface area contributed by atoms with Gasteiger partial charge < -0.3 is 10.8 Å². The Bertz CT molecular complexity index is 452. The Morgan fingerprint density at radius 2 is 2.23 bits per heavy atom. The number of rotatable bonds is 1. The topological polar surface area (TPSA) is 46.2 Å². The molecule has 4 heteroatoms. The minimum absolute atomic E-state index is 0.0102. The molecule has 0 aliphatic heterocycles. The second kappa shape index (κ2) is 3.43. The summed E-state index contributed by atoms with van der Waals surface area (Å²) in [4.78, 5) is 0. The monoisotopic (exact) mass is 305 g/mol. The molecule has 2 aromatic rings. The van der Waals surface area contributed by atoms with Crippen molar-refractivity contribution in [1.82, 2.24) is 0 Å². The number of anilines is 1. The fourth-order valence-electron chi connectivity index (χ4n) is 1.27. The summed E-state index contributed by atoms with van der Waals surface area (Å²) in [7, 11) is 0. The van der Waals surface area contributed by atoms with Crippen molar-refractivity contribution in [3.8, 4) is 0 Å². The molecule has 0 bridgehead atoms. The van der Waals surface area contributed by atoms with Gasteiger partial charge in [0.1, 0.15) is 0 Å². The molecular formula is C9H8INOS. The Kier molecular flexibility index (Phi) is 2.44. The normalized spacial score (nSPS) is 10.9. The molecule has 0 radical (unpaired) electrons. The molecule has 0 amide bonds. The lowest BCUT2D eigenvalue weighted by molar-refractivity contribution is 0.282. The highest BCUT2D eigenvalue weighted by Gasteiger charge is 2.07. The first-order valence-corrected chi connectivity index (χ1v) is 5.75. The number of nitrogens with two attached hydrogens (primary N) is 1. The second-order valence-corrected chi connectivity index (χ2v) is 4.80. The maximum Gasteiger partial charge on any atom is 0.0702 e. The van der Waals surface area contributed by atoms with Gasteiger partial charge in [-0.2, -0.15) is 0 Å². The highest BCUT2D eigenvalue weighted by molar-refractivity contribution is 14.1. The number of hydrogen-bond donors (Lipinski definition) is 2. The first-order chi connectivity index (χ1) is 6.24. The van der Waals surface area contributed by atoms with Gasteiger partial charge in [0.25, 0.3) is 0 Å². The number of halogens is 1. The summed E-state index contributed by atoms with van der Waals surface area (Å²) in [5, 5.41) is 12.3. The Balaban J connectivity index is 2.80. The standard InChI is InChI=1S/C9H8INOS/c10-7-4-13-9-6(7)2-1-5(3-12)8(9)11/h1-2,4,12H,3,11H2. The third-order valence-corrected chi connectivity index (χ3v) is 4.34. The highest BCUT2D eigenvalue weighted by atomic mass is 127. The molecule has 1 heterocycles. The predicted molar refractivity (Wildman–Crippen MR) is 64.9 cm³/mol. The van der Waals surface area contributed by atoms with Gasteiger partial charge in [0, 0.05) is 19.9 Å². The van der Waals surface area contributed by atoms with Gasteiger partial charge >= 0.3 is 0 Å². The summed E-state index contributed by atoms with van der Waals surface area (Å²) in [6, 6.07) is 3.89. The number of hydrogen-bond acceptors (Lipinski definition) is 3. The van der Waals surface area contributed by atoms with Crippen LogP contribution in [0.2, 0.25) is 0 Å². The fourth-order valence-corrected chi connectivity index (χ4v) is 3.19. The van der Waals surface area contributed by atoms with E-state index in [1.165, 1.54) is 8.96 Å². The number of fused-ring (bicyclic) bond motifs is 1. The lowest BCUT2D eigenvalue weighted by atomic mass is 10.1. The number of aliphatic hydroxyl groups excluding tert-OH is 1. The van der Waals surface area contributed by atoms with Crippen LogP contribution in [-0.4, -0.2) is 5.11 Å². The maximum absolute atomic E-state index is 9.01. The van der Waals surface area contributed by atoms with Gasteiger partial charge in [-0.05, 0) is 22.6 Å². The number of aliphatic hydroxyl groups is 1. The molecule has 3 N–H and O–H groups in total. The van der Waals surface area contributed by atoms with Crippen LogP contribution in [-0.2, 0) is 6.61 Å². The molecule has 0 unspecified atom stereocenters. The third kappa shape index (κ3) is 1.43. The molecule has 0 atom stereocenters. The molecule has 68 valence electrons. The van der Waals surface area contributed by atoms with Crippen molar-refractivity contribution in [2.75, 3.05) is 5.73 Å². The third-order valence-electron chi connectivity index (χ3n) is 1.99. The molecule has 0 spiro atoms. The smallest absolute Gasteiger partial charge is 0.0702 e. The molecule has 1 aromatic carbocycles. The van der Waals surface area contributed by atoms with Gasteiger partial charge in [-0.15, -0.1) is 11.3 Å². The summed E-state index contributed by atoms with van der Waals surface area (Å²) in [6.07, 6.45) is 0. The molecule has 0 aliphatic carbocycles. The van der Waals surface area contributed by atoms with Gasteiger partial charge in [0.2, 0.25) is 0 Å². The molecule has 0 fully saturated rings. The van der Waals surface area contributed by atoms with Crippen LogP contribution in [0.4, 0.5) is 5.69 Å². The van der Waals surface area contributed by atoms with Crippen LogP contribution in [0.15, 0.2) is 17.5 Å². The van der Waals surface area contributed by atoms with Crippen molar-refractivity contribution in [2.24, 2.45) is 0 Å². The summed E-state index contributed by atoms with van der Waals surface area (Å²) in [5.74, 6) is 0. The number of nitrogen functional groups attached to an aromatic ring is 1. The van der Waals surface area contributed by atoms with E-state index in [2.05, 4.69) is 28.0 Å². The van der Waals surface area contributed by atoms with Crippen molar-refractivity contribution in [2.45, 2.75) is 6.61 Å². The molecule has 0 saturated heterocycles. The van der Waals surface area contributed by atoms with E-state index < -0.39 is 0 Å². The van der Waals surface area contributed by atoms with Crippen molar-refractivity contribution in [1.29, 1.82) is 0 Å². The molecule has 2 rings (SSSR count). The quantitative estimate of drug-likeness (QED) is 0.628. The Labute approximate surface area is 93.5 Å². The van der Waals surface area contributed by atoms with Gasteiger partial charge in [-0.3, -0.25) is 0 Å². The number of thiophene rings is 1. The fraction of sp³-hybridized carbons (Fsp3) is 0.111. The van der Waals surface area contributed by atoms with E-state index in [9.17, 15) is 0 Å². The lowest BCUT2D eigenvalue weighted by Gasteiger charge is -2.02. The van der Waals surface area contributed by atoms with Crippen LogP contribution < -0.4 is 5.73 Å². The average Bonchev–Trinajstić information content (AvgIpc) is 2.50. The van der Waals surface area contributed by atoms with Crippen molar-refractivity contribution in [3.05, 3.63) is 26.6 Å². The van der Waals surface area contributed by atoms with E-state index >= 15 is 0 Å². The van der Waals surface area contributed by atoms with Gasteiger partial charge in [0.15, 0.2) is 0 Å². The van der Waals surface area contributed by atoms with Crippen LogP contribution in [0.1, 0.15) is 5.56 Å². The van der Waals surface area contributed by atoms with Gasteiger partial charge in [0.05, 0.1) is 17.0 Å². The molecule has 2 nitrogen and oxygen atoms in total. The van der Waals surface area contributed by atoms with Crippen LogP contribution in [0.25, 0.3) is 10.1 Å². The van der Waals surface area contributed by atoms with Crippen LogP contribution >= 0.6 is 33.9 Å². The minimum Gasteiger partial charge on any atom is -0.397 e. The first kappa shape index (κ1) is 9.23. The Hall–Kier alpha value is -0.330. The summed E-state index contributed by atoms with van der Waals surface area (Å²) >= 11 is 3.91. The zero-order valence-electron chi connectivity index (χ0n) is 6.75. The maximum atomic E-state index is 9.01. The zero-order chi connectivity index (χ0) is 9.42. The second-order valence-electron chi connectivity index (χ2n) is 2.76. The largest absolute Gasteiger partial charge is 0.397 e. The SMILES string of the molecule is Nc1c(CO)ccc2c(I)csc12. The summed E-state index contributed by atoms with van der Waals surface area (Å²) in [6.45, 7) is 0.0102. The van der Waals surface area contributed by atoms with Crippen molar-refractivity contribution >= 4 is 49.7 Å². The predicted octanol–water partition coefficient (Wildman–Crippen LogP) is 2.58. The molecular weight excluding hydrogens is 297 g/mol. The zero-order valence-corrected chi connectivity index (χ0v) is 9.72. The Morgan fingerprint density at radius 1 is 1.46 bits per heavy atom. The average molecular weight is 305 g/mol. The van der Waals surface area contributed by atoms with Crippen molar-refractivity contribution < 1.29 is 5.11 Å². The van der Waals surface area contributed by atoms with Crippen LogP contribution in [0, 0.1) is 3.57 Å².